The van der Waals surface area contributed by atoms with Crippen LogP contribution in [0.5, 0.6) is 0 Å². The Morgan fingerprint density at radius 3 is 2.00 bits per heavy atom. The molecule has 118 valence electrons. The first-order valence-corrected chi connectivity index (χ1v) is 6.17. The summed E-state index contributed by atoms with van der Waals surface area (Å²) in [5.41, 5.74) is -0.525. The van der Waals surface area contributed by atoms with E-state index < -0.39 is 42.1 Å². The molecule has 8 heteroatoms. The largest absolute Gasteiger partial charge is 0.481 e. The lowest BCUT2D eigenvalue weighted by Gasteiger charge is -2.31. The van der Waals surface area contributed by atoms with E-state index in [9.17, 15) is 22.8 Å². The van der Waals surface area contributed by atoms with Gasteiger partial charge in [-0.1, -0.05) is 20.8 Å². The number of nitrogens with one attached hydrogen (secondary N) is 2. The van der Waals surface area contributed by atoms with Crippen molar-refractivity contribution in [3.8, 4) is 0 Å². The van der Waals surface area contributed by atoms with Crippen LogP contribution in [-0.2, 0) is 4.79 Å². The standard InChI is InChI=1S/C12H21F3N2O3/c1-7(6-12(13,14)15)16-10(20)17-8(5-9(18)19)11(2,3)4/h7-8H,5-6H2,1-4H3,(H,18,19)(H2,16,17,20). The Labute approximate surface area is 115 Å². The van der Waals surface area contributed by atoms with Gasteiger partial charge in [0.15, 0.2) is 0 Å². The van der Waals surface area contributed by atoms with Crippen LogP contribution in [0, 0.1) is 5.41 Å². The lowest BCUT2D eigenvalue weighted by Crippen LogP contribution is -2.51. The van der Waals surface area contributed by atoms with Gasteiger partial charge in [-0.3, -0.25) is 4.79 Å². The number of carboxylic acid groups (broad SMARTS) is 1. The van der Waals surface area contributed by atoms with Crippen molar-refractivity contribution in [2.24, 2.45) is 5.41 Å². The van der Waals surface area contributed by atoms with Crippen LogP contribution < -0.4 is 10.6 Å². The summed E-state index contributed by atoms with van der Waals surface area (Å²) in [6, 6.07) is -2.57. The first kappa shape index (κ1) is 18.5. The molecule has 0 aliphatic heterocycles. The third-order valence-corrected chi connectivity index (χ3v) is 2.64. The van der Waals surface area contributed by atoms with Crippen molar-refractivity contribution in [3.05, 3.63) is 0 Å². The number of carbonyl (C=O) groups excluding carboxylic acids is 1. The first-order chi connectivity index (χ1) is 8.81. The molecule has 0 aliphatic carbocycles. The third-order valence-electron chi connectivity index (χ3n) is 2.64. The average Bonchev–Trinajstić information content (AvgIpc) is 2.10. The molecule has 0 aromatic rings. The van der Waals surface area contributed by atoms with E-state index in [1.165, 1.54) is 6.92 Å². The fraction of sp³-hybridized carbons (Fsp3) is 0.833. The summed E-state index contributed by atoms with van der Waals surface area (Å²) in [6.45, 7) is 6.44. The van der Waals surface area contributed by atoms with E-state index in [2.05, 4.69) is 10.6 Å². The predicted molar refractivity (Wildman–Crippen MR) is 67.3 cm³/mol. The van der Waals surface area contributed by atoms with Gasteiger partial charge in [0, 0.05) is 12.1 Å². The molecule has 0 heterocycles. The second-order valence-corrected chi connectivity index (χ2v) is 5.85. The molecular formula is C12H21F3N2O3. The zero-order valence-electron chi connectivity index (χ0n) is 12.0. The van der Waals surface area contributed by atoms with E-state index in [1.54, 1.807) is 20.8 Å². The highest BCUT2D eigenvalue weighted by Crippen LogP contribution is 2.23. The van der Waals surface area contributed by atoms with Crippen LogP contribution in [0.25, 0.3) is 0 Å². The van der Waals surface area contributed by atoms with E-state index in [-0.39, 0.29) is 6.42 Å². The zero-order chi connectivity index (χ0) is 16.1. The van der Waals surface area contributed by atoms with Crippen molar-refractivity contribution in [3.63, 3.8) is 0 Å². The second kappa shape index (κ2) is 6.81. The van der Waals surface area contributed by atoms with Crippen molar-refractivity contribution in [2.75, 3.05) is 0 Å². The topological polar surface area (TPSA) is 78.4 Å². The minimum Gasteiger partial charge on any atom is -0.481 e. The summed E-state index contributed by atoms with van der Waals surface area (Å²) >= 11 is 0. The maximum absolute atomic E-state index is 12.1. The van der Waals surface area contributed by atoms with Gasteiger partial charge < -0.3 is 15.7 Å². The number of aliphatic carboxylic acids is 1. The van der Waals surface area contributed by atoms with E-state index in [0.29, 0.717) is 0 Å². The summed E-state index contributed by atoms with van der Waals surface area (Å²) < 4.78 is 36.4. The monoisotopic (exact) mass is 298 g/mol. The van der Waals surface area contributed by atoms with Crippen LogP contribution in [0.3, 0.4) is 0 Å². The van der Waals surface area contributed by atoms with E-state index in [0.717, 1.165) is 0 Å². The average molecular weight is 298 g/mol. The molecule has 3 N–H and O–H groups in total. The Hall–Kier alpha value is -1.47. The minimum atomic E-state index is -4.36. The lowest BCUT2D eigenvalue weighted by molar-refractivity contribution is -0.138. The van der Waals surface area contributed by atoms with Crippen molar-refractivity contribution in [1.82, 2.24) is 10.6 Å². The molecule has 0 fully saturated rings. The highest BCUT2D eigenvalue weighted by atomic mass is 19.4. The van der Waals surface area contributed by atoms with Crippen LogP contribution in [0.4, 0.5) is 18.0 Å². The summed E-state index contributed by atoms with van der Waals surface area (Å²) in [7, 11) is 0. The number of rotatable bonds is 5. The molecule has 5 nitrogen and oxygen atoms in total. The molecule has 0 radical (unpaired) electrons. The van der Waals surface area contributed by atoms with Crippen LogP contribution >= 0.6 is 0 Å². The van der Waals surface area contributed by atoms with Crippen molar-refractivity contribution < 1.29 is 27.9 Å². The molecule has 20 heavy (non-hydrogen) atoms. The smallest absolute Gasteiger partial charge is 0.391 e. The fourth-order valence-electron chi connectivity index (χ4n) is 1.57. The molecule has 0 rings (SSSR count). The van der Waals surface area contributed by atoms with E-state index >= 15 is 0 Å². The first-order valence-electron chi connectivity index (χ1n) is 6.17. The maximum Gasteiger partial charge on any atom is 0.391 e. The molecule has 0 saturated heterocycles. The number of urea groups is 1. The van der Waals surface area contributed by atoms with Crippen LogP contribution in [0.1, 0.15) is 40.5 Å². The zero-order valence-corrected chi connectivity index (χ0v) is 12.0. The van der Waals surface area contributed by atoms with Gasteiger partial charge >= 0.3 is 18.2 Å². The third kappa shape index (κ3) is 8.60. The number of hydrogen-bond donors (Lipinski definition) is 3. The normalized spacial score (nSPS) is 15.3. The molecule has 0 spiro atoms. The highest BCUT2D eigenvalue weighted by Gasteiger charge is 2.32. The minimum absolute atomic E-state index is 0.301. The Morgan fingerprint density at radius 1 is 1.15 bits per heavy atom. The summed E-state index contributed by atoms with van der Waals surface area (Å²) in [5, 5.41) is 13.3. The van der Waals surface area contributed by atoms with Gasteiger partial charge in [0.05, 0.1) is 12.8 Å². The lowest BCUT2D eigenvalue weighted by atomic mass is 9.85. The van der Waals surface area contributed by atoms with Crippen LogP contribution in [-0.4, -0.2) is 35.4 Å². The number of carboxylic acids is 1. The van der Waals surface area contributed by atoms with Gasteiger partial charge in [-0.15, -0.1) is 0 Å². The molecule has 2 amide bonds. The molecule has 2 unspecified atom stereocenters. The molecule has 2 atom stereocenters. The van der Waals surface area contributed by atoms with Gasteiger partial charge in [-0.05, 0) is 12.3 Å². The second-order valence-electron chi connectivity index (χ2n) is 5.85. The quantitative estimate of drug-likeness (QED) is 0.729. The molecule has 0 aliphatic rings. The Bertz CT molecular complexity index is 351. The Morgan fingerprint density at radius 2 is 1.65 bits per heavy atom. The van der Waals surface area contributed by atoms with Crippen LogP contribution in [0.15, 0.2) is 0 Å². The van der Waals surface area contributed by atoms with Gasteiger partial charge in [-0.25, -0.2) is 4.79 Å². The van der Waals surface area contributed by atoms with Gasteiger partial charge in [0.25, 0.3) is 0 Å². The van der Waals surface area contributed by atoms with Crippen molar-refractivity contribution in [1.29, 1.82) is 0 Å². The number of alkyl halides is 3. The Balaban J connectivity index is 4.51. The van der Waals surface area contributed by atoms with Gasteiger partial charge in [-0.2, -0.15) is 13.2 Å². The molecule has 0 aromatic heterocycles. The van der Waals surface area contributed by atoms with Crippen molar-refractivity contribution in [2.45, 2.75) is 58.8 Å². The van der Waals surface area contributed by atoms with Gasteiger partial charge in [0.2, 0.25) is 0 Å². The number of halogens is 3. The number of hydrogen-bond acceptors (Lipinski definition) is 2. The van der Waals surface area contributed by atoms with Crippen molar-refractivity contribution >= 4 is 12.0 Å². The highest BCUT2D eigenvalue weighted by molar-refractivity contribution is 5.76. The van der Waals surface area contributed by atoms with Crippen LogP contribution in [0.2, 0.25) is 0 Å². The Kier molecular flexibility index (Phi) is 6.31. The molecule has 0 bridgehead atoms. The molecule has 0 saturated carbocycles. The number of carbonyl (C=O) groups is 2. The van der Waals surface area contributed by atoms with Gasteiger partial charge in [0.1, 0.15) is 0 Å². The summed E-state index contributed by atoms with van der Waals surface area (Å²) in [6.07, 6.45) is -5.80. The van der Waals surface area contributed by atoms with E-state index in [1.807, 2.05) is 0 Å². The van der Waals surface area contributed by atoms with E-state index in [4.69, 9.17) is 5.11 Å². The predicted octanol–water partition coefficient (Wildman–Crippen LogP) is 2.52. The number of amides is 2. The summed E-state index contributed by atoms with van der Waals surface area (Å²) in [5.74, 6) is -1.09. The fourth-order valence-corrected chi connectivity index (χ4v) is 1.57. The summed E-state index contributed by atoms with van der Waals surface area (Å²) in [4.78, 5) is 22.3. The molecular weight excluding hydrogens is 277 g/mol. The molecule has 0 aromatic carbocycles. The maximum atomic E-state index is 12.1. The SMILES string of the molecule is CC(CC(F)(F)F)NC(=O)NC(CC(=O)O)C(C)(C)C.